The highest BCUT2D eigenvalue weighted by atomic mass is 19.1. The highest BCUT2D eigenvalue weighted by Gasteiger charge is 2.23. The molecular weight excluding hydrogens is 525 g/mol. The number of halogens is 1. The first-order valence-corrected chi connectivity index (χ1v) is 12.8. The van der Waals surface area contributed by atoms with Crippen LogP contribution < -0.4 is 20.7 Å². The van der Waals surface area contributed by atoms with Crippen LogP contribution in [0.4, 0.5) is 20.7 Å². The van der Waals surface area contributed by atoms with Gasteiger partial charge in [-0.25, -0.2) is 13.9 Å². The van der Waals surface area contributed by atoms with Crippen molar-refractivity contribution in [1.82, 2.24) is 25.1 Å². The summed E-state index contributed by atoms with van der Waals surface area (Å²) in [5.41, 5.74) is 2.39. The molecule has 0 radical (unpaired) electrons. The number of amides is 3. The molecular formula is C30H28FN7O3. The Bertz CT molecular complexity index is 1760. The number of carbonyl (C=O) groups is 2. The number of carbonyl (C=O) groups excluding carboxylic acids is 2. The van der Waals surface area contributed by atoms with Gasteiger partial charge in [0.2, 0.25) is 0 Å². The number of hydrogen-bond donors (Lipinski definition) is 3. The second-order valence-electron chi connectivity index (χ2n) is 10.2. The molecule has 11 heteroatoms. The van der Waals surface area contributed by atoms with Gasteiger partial charge in [0, 0.05) is 48.4 Å². The zero-order chi connectivity index (χ0) is 29.1. The van der Waals surface area contributed by atoms with Crippen molar-refractivity contribution in [2.45, 2.75) is 26.2 Å². The van der Waals surface area contributed by atoms with Crippen LogP contribution in [0.25, 0.3) is 16.6 Å². The molecule has 10 nitrogen and oxygen atoms in total. The van der Waals surface area contributed by atoms with E-state index in [2.05, 4.69) is 51.8 Å². The molecule has 2 aromatic carbocycles. The molecule has 3 N–H and O–H groups in total. The van der Waals surface area contributed by atoms with Crippen LogP contribution in [0.2, 0.25) is 0 Å². The number of nitrogens with zero attached hydrogens (tertiary/aromatic N) is 4. The number of anilines is 2. The molecule has 0 bridgehead atoms. The summed E-state index contributed by atoms with van der Waals surface area (Å²) >= 11 is 0. The van der Waals surface area contributed by atoms with Gasteiger partial charge in [-0.2, -0.15) is 0 Å². The van der Waals surface area contributed by atoms with E-state index >= 15 is 0 Å². The molecule has 0 spiro atoms. The molecule has 3 aromatic heterocycles. The zero-order valence-corrected chi connectivity index (χ0v) is 22.9. The number of fused-ring (bicyclic) bond motifs is 1. The highest BCUT2D eigenvalue weighted by Crippen LogP contribution is 2.29. The SMILES string of the molecule is CNC(=O)c1cc(Oc2ccc(NC(=O)Nc3cc(C(C)(C)C)n(-c4ccc5ncccc5c4)n3)c(F)c2)ccn1. The van der Waals surface area contributed by atoms with Crippen LogP contribution in [-0.2, 0) is 5.41 Å². The standard InChI is InChI=1S/C30H28FN7O3/c1-30(2,3)26-17-27(37-38(26)19-7-9-23-18(14-19)6-5-12-33-23)36-29(40)35-24-10-8-20(15-22(24)31)41-21-11-13-34-25(16-21)28(39)32-4/h5-17H,1-4H3,(H,32,39)(H2,35,36,37,40). The summed E-state index contributed by atoms with van der Waals surface area (Å²) in [4.78, 5) is 32.9. The smallest absolute Gasteiger partial charge is 0.324 e. The minimum Gasteiger partial charge on any atom is -0.457 e. The Hall–Kier alpha value is -5.32. The number of pyridine rings is 2. The van der Waals surface area contributed by atoms with E-state index in [1.807, 2.05) is 30.3 Å². The number of aromatic nitrogens is 4. The topological polar surface area (TPSA) is 123 Å². The molecule has 0 saturated carbocycles. The van der Waals surface area contributed by atoms with Crippen LogP contribution in [0.5, 0.6) is 11.5 Å². The van der Waals surface area contributed by atoms with Gasteiger partial charge in [0.1, 0.15) is 23.0 Å². The number of ether oxygens (including phenoxy) is 1. The quantitative estimate of drug-likeness (QED) is 0.235. The van der Waals surface area contributed by atoms with Gasteiger partial charge in [-0.05, 0) is 42.5 Å². The lowest BCUT2D eigenvalue weighted by Crippen LogP contribution is -2.20. The molecule has 0 aliphatic heterocycles. The molecule has 0 fully saturated rings. The van der Waals surface area contributed by atoms with E-state index in [9.17, 15) is 14.0 Å². The number of urea groups is 1. The first kappa shape index (κ1) is 27.3. The van der Waals surface area contributed by atoms with Crippen LogP contribution >= 0.6 is 0 Å². The third kappa shape index (κ3) is 6.14. The molecule has 0 aliphatic carbocycles. The molecule has 41 heavy (non-hydrogen) atoms. The molecule has 208 valence electrons. The highest BCUT2D eigenvalue weighted by molar-refractivity contribution is 5.99. The molecule has 0 atom stereocenters. The average molecular weight is 554 g/mol. The average Bonchev–Trinajstić information content (AvgIpc) is 3.38. The Morgan fingerprint density at radius 2 is 1.71 bits per heavy atom. The van der Waals surface area contributed by atoms with Crippen molar-refractivity contribution in [2.24, 2.45) is 0 Å². The maximum atomic E-state index is 14.9. The third-order valence-electron chi connectivity index (χ3n) is 6.17. The van der Waals surface area contributed by atoms with Crippen molar-refractivity contribution in [3.8, 4) is 17.2 Å². The van der Waals surface area contributed by atoms with Gasteiger partial charge in [0.15, 0.2) is 5.82 Å². The molecule has 5 aromatic rings. The van der Waals surface area contributed by atoms with E-state index < -0.39 is 11.8 Å². The maximum Gasteiger partial charge on any atom is 0.324 e. The van der Waals surface area contributed by atoms with Crippen molar-refractivity contribution in [2.75, 3.05) is 17.7 Å². The van der Waals surface area contributed by atoms with Crippen LogP contribution in [0.3, 0.4) is 0 Å². The number of rotatable bonds is 6. The predicted molar refractivity (Wildman–Crippen MR) is 154 cm³/mol. The second-order valence-corrected chi connectivity index (χ2v) is 10.2. The van der Waals surface area contributed by atoms with E-state index in [0.29, 0.717) is 11.6 Å². The lowest BCUT2D eigenvalue weighted by Gasteiger charge is -2.20. The summed E-state index contributed by atoms with van der Waals surface area (Å²) < 4.78 is 22.3. The van der Waals surface area contributed by atoms with Crippen molar-refractivity contribution in [3.63, 3.8) is 0 Å². The second kappa shape index (κ2) is 11.0. The minimum atomic E-state index is -0.705. The summed E-state index contributed by atoms with van der Waals surface area (Å²) in [6.45, 7) is 6.16. The summed E-state index contributed by atoms with van der Waals surface area (Å²) in [7, 11) is 1.49. The first-order valence-electron chi connectivity index (χ1n) is 12.8. The van der Waals surface area contributed by atoms with E-state index in [1.165, 1.54) is 31.4 Å². The lowest BCUT2D eigenvalue weighted by molar-refractivity contribution is 0.0957. The fourth-order valence-electron chi connectivity index (χ4n) is 4.16. The van der Waals surface area contributed by atoms with Crippen LogP contribution in [0, 0.1) is 5.82 Å². The molecule has 3 heterocycles. The van der Waals surface area contributed by atoms with Crippen molar-refractivity contribution < 1.29 is 18.7 Å². The van der Waals surface area contributed by atoms with E-state index in [4.69, 9.17) is 4.74 Å². The Balaban J connectivity index is 1.31. The Morgan fingerprint density at radius 3 is 2.46 bits per heavy atom. The van der Waals surface area contributed by atoms with Gasteiger partial charge < -0.3 is 15.4 Å². The summed E-state index contributed by atoms with van der Waals surface area (Å²) in [6, 6.07) is 17.8. The van der Waals surface area contributed by atoms with Crippen molar-refractivity contribution in [1.29, 1.82) is 0 Å². The first-order chi connectivity index (χ1) is 19.6. The van der Waals surface area contributed by atoms with E-state index in [1.54, 1.807) is 23.0 Å². The summed E-state index contributed by atoms with van der Waals surface area (Å²) in [5, 5.41) is 13.3. The Morgan fingerprint density at radius 1 is 0.902 bits per heavy atom. The van der Waals surface area contributed by atoms with Gasteiger partial charge >= 0.3 is 6.03 Å². The Kier molecular flexibility index (Phi) is 7.34. The monoisotopic (exact) mass is 553 g/mol. The summed E-state index contributed by atoms with van der Waals surface area (Å²) in [5.74, 6) is -0.278. The molecule has 0 aliphatic rings. The van der Waals surface area contributed by atoms with Gasteiger partial charge in [-0.1, -0.05) is 26.8 Å². The summed E-state index contributed by atoms with van der Waals surface area (Å²) in [6.07, 6.45) is 3.16. The van der Waals surface area contributed by atoms with Gasteiger partial charge in [-0.15, -0.1) is 5.10 Å². The van der Waals surface area contributed by atoms with Gasteiger partial charge in [0.25, 0.3) is 5.91 Å². The normalized spacial score (nSPS) is 11.2. The molecule has 0 unspecified atom stereocenters. The third-order valence-corrected chi connectivity index (χ3v) is 6.17. The van der Waals surface area contributed by atoms with Gasteiger partial charge in [-0.3, -0.25) is 20.1 Å². The van der Waals surface area contributed by atoms with Crippen molar-refractivity contribution >= 4 is 34.3 Å². The largest absolute Gasteiger partial charge is 0.457 e. The minimum absolute atomic E-state index is 0.0480. The fraction of sp³-hybridized carbons (Fsp3) is 0.167. The lowest BCUT2D eigenvalue weighted by atomic mass is 9.92. The number of benzene rings is 2. The molecule has 0 saturated heterocycles. The number of nitrogens with one attached hydrogen (secondary N) is 3. The molecule has 5 rings (SSSR count). The van der Waals surface area contributed by atoms with E-state index in [0.717, 1.165) is 28.4 Å². The van der Waals surface area contributed by atoms with Crippen LogP contribution in [0.15, 0.2) is 79.1 Å². The maximum absolute atomic E-state index is 14.9. The van der Waals surface area contributed by atoms with Crippen molar-refractivity contribution in [3.05, 3.63) is 96.3 Å². The fourth-order valence-corrected chi connectivity index (χ4v) is 4.16. The predicted octanol–water partition coefficient (Wildman–Crippen LogP) is 6.05. The Labute approximate surface area is 235 Å². The molecule has 3 amide bonds. The zero-order valence-electron chi connectivity index (χ0n) is 22.9. The number of hydrogen-bond acceptors (Lipinski definition) is 6. The van der Waals surface area contributed by atoms with Gasteiger partial charge in [0.05, 0.1) is 22.6 Å². The van der Waals surface area contributed by atoms with Crippen LogP contribution in [0.1, 0.15) is 37.0 Å². The van der Waals surface area contributed by atoms with Crippen LogP contribution in [-0.4, -0.2) is 38.7 Å². The van der Waals surface area contributed by atoms with E-state index in [-0.39, 0.29) is 28.5 Å².